The summed E-state index contributed by atoms with van der Waals surface area (Å²) < 4.78 is 6.57. The summed E-state index contributed by atoms with van der Waals surface area (Å²) in [5.74, 6) is -0.450. The quantitative estimate of drug-likeness (QED) is 0.490. The van der Waals surface area contributed by atoms with E-state index in [2.05, 4.69) is 9.97 Å². The van der Waals surface area contributed by atoms with Crippen LogP contribution in [-0.4, -0.2) is 27.1 Å². The molecule has 0 amide bonds. The van der Waals surface area contributed by atoms with E-state index in [0.29, 0.717) is 23.0 Å². The molecule has 6 nitrogen and oxygen atoms in total. The lowest BCUT2D eigenvalue weighted by Crippen LogP contribution is -2.21. The van der Waals surface area contributed by atoms with Crippen LogP contribution >= 0.6 is 0 Å². The van der Waals surface area contributed by atoms with Crippen LogP contribution in [0.3, 0.4) is 0 Å². The van der Waals surface area contributed by atoms with Crippen molar-refractivity contribution >= 4 is 16.9 Å². The van der Waals surface area contributed by atoms with Gasteiger partial charge in [-0.25, -0.2) is 9.78 Å². The summed E-state index contributed by atoms with van der Waals surface area (Å²) in [6.45, 7) is 2.40. The summed E-state index contributed by atoms with van der Waals surface area (Å²) in [7, 11) is 0. The van der Waals surface area contributed by atoms with Crippen molar-refractivity contribution in [1.82, 2.24) is 14.5 Å². The zero-order valence-corrected chi connectivity index (χ0v) is 15.9. The molecule has 0 aliphatic rings. The van der Waals surface area contributed by atoms with Crippen LogP contribution in [0.1, 0.15) is 22.8 Å². The fourth-order valence-corrected chi connectivity index (χ4v) is 3.20. The number of hydrogen-bond donors (Lipinski definition) is 0. The van der Waals surface area contributed by atoms with Crippen molar-refractivity contribution in [3.8, 4) is 11.1 Å². The Morgan fingerprint density at radius 3 is 2.66 bits per heavy atom. The van der Waals surface area contributed by atoms with Crippen molar-refractivity contribution in [3.63, 3.8) is 0 Å². The first-order valence-corrected chi connectivity index (χ1v) is 9.31. The zero-order valence-electron chi connectivity index (χ0n) is 15.9. The highest BCUT2D eigenvalue weighted by Gasteiger charge is 2.11. The number of carbonyl (C=O) groups is 1. The molecule has 4 aromatic rings. The van der Waals surface area contributed by atoms with E-state index in [1.54, 1.807) is 42.1 Å². The first-order valence-electron chi connectivity index (χ1n) is 9.31. The number of fused-ring (bicyclic) bond motifs is 1. The van der Waals surface area contributed by atoms with Gasteiger partial charge in [0.05, 0.1) is 35.9 Å². The minimum absolute atomic E-state index is 0.199. The van der Waals surface area contributed by atoms with Crippen LogP contribution in [0.4, 0.5) is 0 Å². The maximum absolute atomic E-state index is 13.0. The Kier molecular flexibility index (Phi) is 5.16. The zero-order chi connectivity index (χ0) is 20.2. The van der Waals surface area contributed by atoms with E-state index in [0.717, 1.165) is 16.7 Å². The van der Waals surface area contributed by atoms with E-state index in [4.69, 9.17) is 4.74 Å². The van der Waals surface area contributed by atoms with Gasteiger partial charge in [-0.3, -0.25) is 14.3 Å². The van der Waals surface area contributed by atoms with Gasteiger partial charge in [-0.2, -0.15) is 0 Å². The van der Waals surface area contributed by atoms with Crippen LogP contribution in [-0.2, 0) is 11.3 Å². The van der Waals surface area contributed by atoms with Crippen LogP contribution in [0.15, 0.2) is 78.1 Å². The molecule has 0 atom stereocenters. The summed E-state index contributed by atoms with van der Waals surface area (Å²) in [4.78, 5) is 33.4. The molecule has 0 aliphatic carbocycles. The second-order valence-electron chi connectivity index (χ2n) is 6.57. The van der Waals surface area contributed by atoms with Gasteiger partial charge in [-0.15, -0.1) is 0 Å². The van der Waals surface area contributed by atoms with Gasteiger partial charge in [-0.05, 0) is 60.0 Å². The average Bonchev–Trinajstić information content (AvgIpc) is 2.76. The number of carbonyl (C=O) groups excluding carboxylic acids is 1. The molecule has 0 saturated carbocycles. The molecule has 2 aromatic heterocycles. The number of nitrogens with zero attached hydrogens (tertiary/aromatic N) is 3. The third-order valence-corrected chi connectivity index (χ3v) is 4.63. The molecule has 0 aliphatic heterocycles. The minimum atomic E-state index is -0.450. The second kappa shape index (κ2) is 8.06. The molecule has 2 aromatic carbocycles. The van der Waals surface area contributed by atoms with Crippen LogP contribution in [0.25, 0.3) is 22.0 Å². The molecular formula is C23H19N3O3. The Morgan fingerprint density at radius 2 is 1.86 bits per heavy atom. The topological polar surface area (TPSA) is 74.1 Å². The van der Waals surface area contributed by atoms with Crippen molar-refractivity contribution in [3.05, 3.63) is 94.8 Å². The highest BCUT2D eigenvalue weighted by atomic mass is 16.5. The maximum Gasteiger partial charge on any atom is 0.338 e. The van der Waals surface area contributed by atoms with Crippen molar-refractivity contribution in [2.45, 2.75) is 13.5 Å². The van der Waals surface area contributed by atoms with Crippen LogP contribution < -0.4 is 5.56 Å². The lowest BCUT2D eigenvalue weighted by Gasteiger charge is -2.09. The maximum atomic E-state index is 13.0. The Morgan fingerprint density at radius 1 is 1.03 bits per heavy atom. The van der Waals surface area contributed by atoms with Crippen LogP contribution in [0.5, 0.6) is 0 Å². The minimum Gasteiger partial charge on any atom is -0.462 e. The largest absolute Gasteiger partial charge is 0.462 e. The molecule has 0 radical (unpaired) electrons. The van der Waals surface area contributed by atoms with Crippen LogP contribution in [0, 0.1) is 0 Å². The lowest BCUT2D eigenvalue weighted by molar-refractivity contribution is 0.0526. The second-order valence-corrected chi connectivity index (χ2v) is 6.57. The summed E-state index contributed by atoms with van der Waals surface area (Å²) >= 11 is 0. The number of ether oxygens (including phenoxy) is 1. The van der Waals surface area contributed by atoms with E-state index in [1.807, 2.05) is 36.4 Å². The average molecular weight is 385 g/mol. The van der Waals surface area contributed by atoms with Gasteiger partial charge in [0.15, 0.2) is 0 Å². The Hall–Kier alpha value is -3.80. The van der Waals surface area contributed by atoms with E-state index >= 15 is 0 Å². The number of pyridine rings is 1. The first-order chi connectivity index (χ1) is 14.2. The summed E-state index contributed by atoms with van der Waals surface area (Å²) in [6, 6.07) is 16.7. The van der Waals surface area contributed by atoms with Gasteiger partial charge in [0, 0.05) is 12.4 Å². The van der Waals surface area contributed by atoms with Gasteiger partial charge in [0.1, 0.15) is 0 Å². The molecule has 0 bridgehead atoms. The smallest absolute Gasteiger partial charge is 0.338 e. The fraction of sp³-hybridized carbons (Fsp3) is 0.130. The number of benzene rings is 2. The Bertz CT molecular complexity index is 1230. The predicted octanol–water partition coefficient (Wildman–Crippen LogP) is 3.68. The summed E-state index contributed by atoms with van der Waals surface area (Å²) in [5, 5.41) is 0.392. The molecule has 0 unspecified atom stereocenters. The van der Waals surface area contributed by atoms with Gasteiger partial charge in [0.25, 0.3) is 5.56 Å². The fourth-order valence-electron chi connectivity index (χ4n) is 3.20. The van der Waals surface area contributed by atoms with Gasteiger partial charge in [0.2, 0.25) is 0 Å². The third kappa shape index (κ3) is 3.91. The van der Waals surface area contributed by atoms with E-state index < -0.39 is 5.97 Å². The Labute approximate surface area is 167 Å². The monoisotopic (exact) mass is 385 g/mol. The van der Waals surface area contributed by atoms with Crippen molar-refractivity contribution in [2.24, 2.45) is 0 Å². The molecule has 0 fully saturated rings. The van der Waals surface area contributed by atoms with Gasteiger partial charge < -0.3 is 4.74 Å². The Balaban J connectivity index is 1.69. The highest BCUT2D eigenvalue weighted by molar-refractivity contribution is 5.94. The number of rotatable bonds is 5. The summed E-state index contributed by atoms with van der Waals surface area (Å²) in [6.07, 6.45) is 5.04. The standard InChI is InChI=1S/C23H19N3O3/c1-2-29-23(28)19-6-7-21-20(13-19)22(27)26(15-25-21)14-16-4-3-5-18(12-16)17-8-10-24-11-9-17/h3-13,15H,2,14H2,1H3. The molecule has 6 heteroatoms. The van der Waals surface area contributed by atoms with Crippen molar-refractivity contribution in [2.75, 3.05) is 6.61 Å². The molecule has 2 heterocycles. The molecule has 0 saturated heterocycles. The first kappa shape index (κ1) is 18.6. The molecule has 29 heavy (non-hydrogen) atoms. The van der Waals surface area contributed by atoms with E-state index in [1.165, 1.54) is 6.33 Å². The molecule has 4 rings (SSSR count). The lowest BCUT2D eigenvalue weighted by atomic mass is 10.0. The van der Waals surface area contributed by atoms with Gasteiger partial charge >= 0.3 is 5.97 Å². The highest BCUT2D eigenvalue weighted by Crippen LogP contribution is 2.20. The normalized spacial score (nSPS) is 10.8. The third-order valence-electron chi connectivity index (χ3n) is 4.63. The summed E-state index contributed by atoms with van der Waals surface area (Å²) in [5.41, 5.74) is 3.78. The number of esters is 1. The predicted molar refractivity (Wildman–Crippen MR) is 111 cm³/mol. The van der Waals surface area contributed by atoms with E-state index in [9.17, 15) is 9.59 Å². The SMILES string of the molecule is CCOC(=O)c1ccc2ncn(Cc3cccc(-c4ccncc4)c3)c(=O)c2c1. The van der Waals surface area contributed by atoms with Crippen molar-refractivity contribution < 1.29 is 9.53 Å². The van der Waals surface area contributed by atoms with Gasteiger partial charge in [-0.1, -0.05) is 18.2 Å². The van der Waals surface area contributed by atoms with E-state index in [-0.39, 0.29) is 12.2 Å². The molecule has 0 spiro atoms. The molecule has 0 N–H and O–H groups in total. The number of aromatic nitrogens is 3. The number of hydrogen-bond acceptors (Lipinski definition) is 5. The van der Waals surface area contributed by atoms with Crippen molar-refractivity contribution in [1.29, 1.82) is 0 Å². The van der Waals surface area contributed by atoms with Crippen LogP contribution in [0.2, 0.25) is 0 Å². The molecule has 144 valence electrons. The molecular weight excluding hydrogens is 366 g/mol.